The number of carbonyl (C=O) groups is 2. The van der Waals surface area contributed by atoms with Crippen LogP contribution in [0.15, 0.2) is 30.3 Å². The van der Waals surface area contributed by atoms with Gasteiger partial charge in [-0.2, -0.15) is 5.10 Å². The minimum Gasteiger partial charge on any atom is -0.354 e. The standard InChI is InChI=1S/C26H33N5O2/c1-16(2)27-25(32)11-10-22-18(4)28-24-14-23(29-31(24)19(22)5)20-12-13-30(15-20)26(33)21-9-7-6-8-17(21)3/h6-9,14,16,20H,10-13,15H2,1-5H3,(H,27,32)/t20-/m0/s1. The summed E-state index contributed by atoms with van der Waals surface area (Å²) in [5, 5.41) is 7.82. The van der Waals surface area contributed by atoms with Crippen molar-refractivity contribution in [1.82, 2.24) is 24.8 Å². The molecule has 0 aliphatic carbocycles. The van der Waals surface area contributed by atoms with Gasteiger partial charge in [0.15, 0.2) is 5.65 Å². The summed E-state index contributed by atoms with van der Waals surface area (Å²) in [5.74, 6) is 0.334. The summed E-state index contributed by atoms with van der Waals surface area (Å²) in [6.07, 6.45) is 1.96. The van der Waals surface area contributed by atoms with E-state index < -0.39 is 0 Å². The van der Waals surface area contributed by atoms with Crippen LogP contribution in [0.3, 0.4) is 0 Å². The van der Waals surface area contributed by atoms with Crippen LogP contribution in [0.5, 0.6) is 0 Å². The monoisotopic (exact) mass is 447 g/mol. The number of nitrogens with one attached hydrogen (secondary N) is 1. The number of aryl methyl sites for hydroxylation is 3. The molecule has 1 aromatic carbocycles. The molecule has 4 rings (SSSR count). The van der Waals surface area contributed by atoms with Crippen LogP contribution in [0.2, 0.25) is 0 Å². The Balaban J connectivity index is 1.51. The van der Waals surface area contributed by atoms with E-state index >= 15 is 0 Å². The minimum absolute atomic E-state index is 0.0504. The van der Waals surface area contributed by atoms with E-state index in [2.05, 4.69) is 5.32 Å². The zero-order chi connectivity index (χ0) is 23.7. The SMILES string of the molecule is Cc1ccccc1C(=O)N1CC[C@H](c2cc3nc(C)c(CCC(=O)NC(C)C)c(C)n3n2)C1. The molecule has 174 valence electrons. The molecule has 1 fully saturated rings. The summed E-state index contributed by atoms with van der Waals surface area (Å²) in [7, 11) is 0. The van der Waals surface area contributed by atoms with Crippen molar-refractivity contribution >= 4 is 17.5 Å². The number of fused-ring (bicyclic) bond motifs is 1. The molecule has 0 bridgehead atoms. The molecule has 7 nitrogen and oxygen atoms in total. The van der Waals surface area contributed by atoms with Crippen LogP contribution in [-0.2, 0) is 11.2 Å². The zero-order valence-electron chi connectivity index (χ0n) is 20.2. The van der Waals surface area contributed by atoms with Crippen LogP contribution in [-0.4, -0.2) is 50.4 Å². The molecule has 1 aliphatic heterocycles. The largest absolute Gasteiger partial charge is 0.354 e. The van der Waals surface area contributed by atoms with Crippen LogP contribution in [0.1, 0.15) is 71.2 Å². The van der Waals surface area contributed by atoms with Gasteiger partial charge in [-0.15, -0.1) is 0 Å². The van der Waals surface area contributed by atoms with Gasteiger partial charge in [-0.25, -0.2) is 9.50 Å². The molecule has 1 N–H and O–H groups in total. The van der Waals surface area contributed by atoms with Gasteiger partial charge in [0.2, 0.25) is 5.91 Å². The van der Waals surface area contributed by atoms with E-state index in [1.165, 1.54) is 0 Å². The second-order valence-corrected chi connectivity index (χ2v) is 9.37. The Labute approximate surface area is 195 Å². The molecular weight excluding hydrogens is 414 g/mol. The number of rotatable bonds is 6. The van der Waals surface area contributed by atoms with Gasteiger partial charge in [0.05, 0.1) is 5.69 Å². The molecule has 2 aromatic heterocycles. The molecule has 3 heterocycles. The lowest BCUT2D eigenvalue weighted by atomic mass is 10.1. The third-order valence-electron chi connectivity index (χ3n) is 6.50. The first-order valence-corrected chi connectivity index (χ1v) is 11.7. The molecular formula is C26H33N5O2. The van der Waals surface area contributed by atoms with E-state index in [4.69, 9.17) is 10.1 Å². The second-order valence-electron chi connectivity index (χ2n) is 9.37. The second kappa shape index (κ2) is 9.33. The molecule has 1 aliphatic rings. The Bertz CT molecular complexity index is 1200. The van der Waals surface area contributed by atoms with Crippen molar-refractivity contribution < 1.29 is 9.59 Å². The summed E-state index contributed by atoms with van der Waals surface area (Å²) in [6.45, 7) is 11.3. The van der Waals surface area contributed by atoms with Crippen molar-refractivity contribution in [3.8, 4) is 0 Å². The predicted molar refractivity (Wildman–Crippen MR) is 129 cm³/mol. The predicted octanol–water partition coefficient (Wildman–Crippen LogP) is 3.74. The fourth-order valence-corrected chi connectivity index (χ4v) is 4.71. The van der Waals surface area contributed by atoms with Crippen molar-refractivity contribution in [1.29, 1.82) is 0 Å². The fraction of sp³-hybridized carbons (Fsp3) is 0.462. The van der Waals surface area contributed by atoms with Crippen LogP contribution in [0.4, 0.5) is 0 Å². The van der Waals surface area contributed by atoms with Gasteiger partial charge in [-0.05, 0) is 64.7 Å². The maximum absolute atomic E-state index is 13.0. The zero-order valence-corrected chi connectivity index (χ0v) is 20.2. The van der Waals surface area contributed by atoms with Crippen molar-refractivity contribution in [3.05, 3.63) is 64.1 Å². The normalized spacial score (nSPS) is 16.1. The van der Waals surface area contributed by atoms with E-state index in [-0.39, 0.29) is 23.8 Å². The average Bonchev–Trinajstić information content (AvgIpc) is 3.40. The van der Waals surface area contributed by atoms with Gasteiger partial charge in [-0.1, -0.05) is 18.2 Å². The number of benzene rings is 1. The van der Waals surface area contributed by atoms with Gasteiger partial charge in [-0.3, -0.25) is 9.59 Å². The summed E-state index contributed by atoms with van der Waals surface area (Å²) in [6, 6.07) is 9.92. The molecule has 0 radical (unpaired) electrons. The summed E-state index contributed by atoms with van der Waals surface area (Å²) < 4.78 is 1.89. The quantitative estimate of drug-likeness (QED) is 0.624. The van der Waals surface area contributed by atoms with Crippen molar-refractivity contribution in [2.45, 2.75) is 65.8 Å². The lowest BCUT2D eigenvalue weighted by Gasteiger charge is -2.17. The van der Waals surface area contributed by atoms with E-state index in [1.54, 1.807) is 0 Å². The molecule has 33 heavy (non-hydrogen) atoms. The van der Waals surface area contributed by atoms with Crippen molar-refractivity contribution in [3.63, 3.8) is 0 Å². The van der Waals surface area contributed by atoms with Gasteiger partial charge in [0.25, 0.3) is 5.91 Å². The Kier molecular flexibility index (Phi) is 6.49. The first kappa shape index (κ1) is 23.0. The smallest absolute Gasteiger partial charge is 0.254 e. The van der Waals surface area contributed by atoms with E-state index in [0.29, 0.717) is 19.4 Å². The first-order chi connectivity index (χ1) is 15.7. The average molecular weight is 448 g/mol. The van der Waals surface area contributed by atoms with Gasteiger partial charge in [0, 0.05) is 54.5 Å². The first-order valence-electron chi connectivity index (χ1n) is 11.7. The Morgan fingerprint density at radius 1 is 1.18 bits per heavy atom. The minimum atomic E-state index is 0.0504. The third kappa shape index (κ3) is 4.77. The highest BCUT2D eigenvalue weighted by Gasteiger charge is 2.30. The number of hydrogen-bond acceptors (Lipinski definition) is 4. The van der Waals surface area contributed by atoms with Gasteiger partial charge < -0.3 is 10.2 Å². The summed E-state index contributed by atoms with van der Waals surface area (Å²) in [4.78, 5) is 31.8. The highest BCUT2D eigenvalue weighted by Crippen LogP contribution is 2.29. The Morgan fingerprint density at radius 2 is 1.94 bits per heavy atom. The maximum Gasteiger partial charge on any atom is 0.254 e. The highest BCUT2D eigenvalue weighted by molar-refractivity contribution is 5.95. The molecule has 2 amide bonds. The van der Waals surface area contributed by atoms with Gasteiger partial charge >= 0.3 is 0 Å². The Hall–Kier alpha value is -3.22. The van der Waals surface area contributed by atoms with Crippen LogP contribution >= 0.6 is 0 Å². The number of aromatic nitrogens is 3. The van der Waals surface area contributed by atoms with Crippen LogP contribution < -0.4 is 5.32 Å². The lowest BCUT2D eigenvalue weighted by Crippen LogP contribution is -2.30. The number of amides is 2. The summed E-state index contributed by atoms with van der Waals surface area (Å²) >= 11 is 0. The highest BCUT2D eigenvalue weighted by atomic mass is 16.2. The van der Waals surface area contributed by atoms with Crippen molar-refractivity contribution in [2.75, 3.05) is 13.1 Å². The van der Waals surface area contributed by atoms with E-state index in [9.17, 15) is 9.59 Å². The van der Waals surface area contributed by atoms with E-state index in [0.717, 1.165) is 52.4 Å². The molecule has 3 aromatic rings. The Morgan fingerprint density at radius 3 is 2.67 bits per heavy atom. The molecule has 1 saturated heterocycles. The third-order valence-corrected chi connectivity index (χ3v) is 6.50. The van der Waals surface area contributed by atoms with Crippen LogP contribution in [0.25, 0.3) is 5.65 Å². The molecule has 7 heteroatoms. The number of nitrogens with zero attached hydrogens (tertiary/aromatic N) is 4. The molecule has 0 spiro atoms. The number of hydrogen-bond donors (Lipinski definition) is 1. The maximum atomic E-state index is 13.0. The van der Waals surface area contributed by atoms with Gasteiger partial charge in [0.1, 0.15) is 0 Å². The molecule has 0 saturated carbocycles. The molecule has 1 atom stereocenters. The van der Waals surface area contributed by atoms with Crippen LogP contribution in [0, 0.1) is 20.8 Å². The van der Waals surface area contributed by atoms with E-state index in [1.807, 2.05) is 74.4 Å². The number of likely N-dealkylation sites (tertiary alicyclic amines) is 1. The molecule has 0 unspecified atom stereocenters. The topological polar surface area (TPSA) is 79.6 Å². The van der Waals surface area contributed by atoms with Crippen molar-refractivity contribution in [2.24, 2.45) is 0 Å². The fourth-order valence-electron chi connectivity index (χ4n) is 4.71. The summed E-state index contributed by atoms with van der Waals surface area (Å²) in [5.41, 5.74) is 6.59. The lowest BCUT2D eigenvalue weighted by molar-refractivity contribution is -0.121. The number of carbonyl (C=O) groups excluding carboxylic acids is 2.